The highest BCUT2D eigenvalue weighted by molar-refractivity contribution is 5.71. The van der Waals surface area contributed by atoms with Crippen LogP contribution in [0.1, 0.15) is 17.0 Å². The van der Waals surface area contributed by atoms with Crippen LogP contribution in [0.5, 0.6) is 5.75 Å². The fraction of sp³-hybridized carbons (Fsp3) is 0.214. The van der Waals surface area contributed by atoms with E-state index in [4.69, 9.17) is 9.85 Å². The lowest BCUT2D eigenvalue weighted by Gasteiger charge is -2.22. The Morgan fingerprint density at radius 1 is 0.714 bits per heavy atom. The lowest BCUT2D eigenvalue weighted by atomic mass is 10.1. The molecule has 2 aromatic heterocycles. The van der Waals surface area contributed by atoms with Gasteiger partial charge >= 0.3 is 0 Å². The van der Waals surface area contributed by atoms with Crippen molar-refractivity contribution in [2.75, 3.05) is 31.0 Å². The van der Waals surface area contributed by atoms with E-state index in [1.165, 1.54) is 0 Å². The average molecular weight is 467 g/mol. The minimum Gasteiger partial charge on any atom is -0.496 e. The monoisotopic (exact) mass is 466 g/mol. The molecule has 4 aromatic rings. The number of hydrogen-bond donors (Lipinski definition) is 0. The molecule has 0 aliphatic heterocycles. The van der Waals surface area contributed by atoms with E-state index in [-0.39, 0.29) is 0 Å². The Morgan fingerprint density at radius 3 is 1.89 bits per heavy atom. The van der Waals surface area contributed by atoms with Crippen LogP contribution in [0.25, 0.3) is 0 Å². The average Bonchev–Trinajstić information content (AvgIpc) is 2.88. The van der Waals surface area contributed by atoms with Crippen molar-refractivity contribution in [3.05, 3.63) is 102 Å². The number of benzene rings is 2. The van der Waals surface area contributed by atoms with Gasteiger partial charge in [0.1, 0.15) is 17.1 Å². The third-order valence-corrected chi connectivity index (χ3v) is 5.71. The van der Waals surface area contributed by atoms with Crippen molar-refractivity contribution in [3.8, 4) is 5.75 Å². The summed E-state index contributed by atoms with van der Waals surface area (Å²) in [6.07, 6.45) is 3.61. The molecule has 0 aliphatic rings. The molecule has 178 valence electrons. The van der Waals surface area contributed by atoms with Crippen LogP contribution in [-0.2, 0) is 13.1 Å². The molecule has 2 aromatic carbocycles. The number of aryl methyl sites for hydroxylation is 1. The van der Waals surface area contributed by atoms with E-state index >= 15 is 0 Å². The molecule has 0 fully saturated rings. The summed E-state index contributed by atoms with van der Waals surface area (Å²) in [5.41, 5.74) is 6.42. The third kappa shape index (κ3) is 6.00. The first-order valence-electron chi connectivity index (χ1n) is 11.5. The lowest BCUT2D eigenvalue weighted by Crippen LogP contribution is -2.17. The first-order valence-corrected chi connectivity index (χ1v) is 11.5. The largest absolute Gasteiger partial charge is 0.496 e. The predicted octanol–water partition coefficient (Wildman–Crippen LogP) is 6.48. The quantitative estimate of drug-likeness (QED) is 0.264. The Kier molecular flexibility index (Phi) is 7.67. The van der Waals surface area contributed by atoms with Crippen molar-refractivity contribution in [2.45, 2.75) is 20.0 Å². The second-order valence-corrected chi connectivity index (χ2v) is 8.35. The molecule has 0 unspecified atom stereocenters. The second kappa shape index (κ2) is 11.2. The van der Waals surface area contributed by atoms with Gasteiger partial charge in [0.2, 0.25) is 0 Å². The summed E-state index contributed by atoms with van der Waals surface area (Å²) in [6.45, 7) is 3.32. The highest BCUT2D eigenvalue weighted by Gasteiger charge is 2.14. The molecule has 7 heteroatoms. The summed E-state index contributed by atoms with van der Waals surface area (Å²) in [6, 6.07) is 23.9. The summed E-state index contributed by atoms with van der Waals surface area (Å²) in [7, 11) is 5.73. The van der Waals surface area contributed by atoms with Crippen molar-refractivity contribution in [1.82, 2.24) is 9.97 Å². The Bertz CT molecular complexity index is 1280. The van der Waals surface area contributed by atoms with Gasteiger partial charge < -0.3 is 14.5 Å². The Hall–Kier alpha value is -4.26. The fourth-order valence-corrected chi connectivity index (χ4v) is 3.89. The van der Waals surface area contributed by atoms with Gasteiger partial charge in [-0.2, -0.15) is 0 Å². The van der Waals surface area contributed by atoms with E-state index in [1.807, 2.05) is 100 Å². The predicted molar refractivity (Wildman–Crippen MR) is 141 cm³/mol. The van der Waals surface area contributed by atoms with Crippen LogP contribution < -0.4 is 14.5 Å². The molecular formula is C28H30N6O. The van der Waals surface area contributed by atoms with Crippen molar-refractivity contribution < 1.29 is 4.74 Å². The van der Waals surface area contributed by atoms with Gasteiger partial charge in [0.15, 0.2) is 0 Å². The maximum atomic E-state index is 5.58. The van der Waals surface area contributed by atoms with Crippen LogP contribution in [0.3, 0.4) is 0 Å². The number of pyridine rings is 2. The van der Waals surface area contributed by atoms with Crippen LogP contribution >= 0.6 is 0 Å². The van der Waals surface area contributed by atoms with Gasteiger partial charge in [-0.25, -0.2) is 0 Å². The van der Waals surface area contributed by atoms with E-state index < -0.39 is 0 Å². The molecule has 0 amide bonds. The van der Waals surface area contributed by atoms with E-state index in [1.54, 1.807) is 13.3 Å². The molecule has 0 radical (unpaired) electrons. The SMILES string of the molecule is COc1cc(N(C)Cc2ccccn2)c(N=Nc2ccccc2N(C)Cc2ccccn2)cc1C. The highest BCUT2D eigenvalue weighted by atomic mass is 16.5. The molecule has 0 saturated heterocycles. The number of ether oxygens (including phenoxy) is 1. The van der Waals surface area contributed by atoms with Gasteiger partial charge in [0.05, 0.1) is 43.0 Å². The minimum atomic E-state index is 0.638. The number of hydrogen-bond acceptors (Lipinski definition) is 7. The van der Waals surface area contributed by atoms with Crippen LogP contribution in [0.4, 0.5) is 22.7 Å². The highest BCUT2D eigenvalue weighted by Crippen LogP contribution is 2.37. The lowest BCUT2D eigenvalue weighted by molar-refractivity contribution is 0.412. The zero-order valence-corrected chi connectivity index (χ0v) is 20.6. The number of anilines is 2. The van der Waals surface area contributed by atoms with Gasteiger partial charge in [0.25, 0.3) is 0 Å². The van der Waals surface area contributed by atoms with E-state index in [0.717, 1.165) is 45.5 Å². The smallest absolute Gasteiger partial charge is 0.123 e. The van der Waals surface area contributed by atoms with Crippen LogP contribution in [-0.4, -0.2) is 31.2 Å². The van der Waals surface area contributed by atoms with Gasteiger partial charge in [-0.15, -0.1) is 10.2 Å². The second-order valence-electron chi connectivity index (χ2n) is 8.35. The van der Waals surface area contributed by atoms with Crippen molar-refractivity contribution in [2.24, 2.45) is 10.2 Å². The summed E-state index contributed by atoms with van der Waals surface area (Å²) >= 11 is 0. The molecule has 0 aliphatic carbocycles. The number of para-hydroxylation sites is 1. The van der Waals surface area contributed by atoms with Crippen molar-refractivity contribution in [3.63, 3.8) is 0 Å². The summed E-state index contributed by atoms with van der Waals surface area (Å²) in [5, 5.41) is 9.36. The molecule has 0 atom stereocenters. The Balaban J connectivity index is 1.64. The number of azo groups is 1. The van der Waals surface area contributed by atoms with E-state index in [9.17, 15) is 0 Å². The molecule has 0 N–H and O–H groups in total. The molecule has 4 rings (SSSR count). The van der Waals surface area contributed by atoms with E-state index in [0.29, 0.717) is 13.1 Å². The van der Waals surface area contributed by atoms with E-state index in [2.05, 4.69) is 24.9 Å². The fourth-order valence-electron chi connectivity index (χ4n) is 3.89. The maximum absolute atomic E-state index is 5.58. The third-order valence-electron chi connectivity index (χ3n) is 5.71. The first kappa shape index (κ1) is 23.9. The number of aromatic nitrogens is 2. The molecule has 0 saturated carbocycles. The molecule has 0 spiro atoms. The zero-order chi connectivity index (χ0) is 24.6. The summed E-state index contributed by atoms with van der Waals surface area (Å²) in [5.74, 6) is 0.808. The van der Waals surface area contributed by atoms with Gasteiger partial charge in [-0.1, -0.05) is 24.3 Å². The van der Waals surface area contributed by atoms with Crippen LogP contribution in [0.2, 0.25) is 0 Å². The van der Waals surface area contributed by atoms with Gasteiger partial charge in [-0.05, 0) is 55.0 Å². The van der Waals surface area contributed by atoms with Crippen LogP contribution in [0.15, 0.2) is 95.4 Å². The summed E-state index contributed by atoms with van der Waals surface area (Å²) < 4.78 is 5.58. The Morgan fingerprint density at radius 2 is 1.29 bits per heavy atom. The van der Waals surface area contributed by atoms with Gasteiger partial charge in [0, 0.05) is 32.6 Å². The topological polar surface area (TPSA) is 66.2 Å². The zero-order valence-electron chi connectivity index (χ0n) is 20.6. The minimum absolute atomic E-state index is 0.638. The van der Waals surface area contributed by atoms with Crippen molar-refractivity contribution >= 4 is 22.7 Å². The normalized spacial score (nSPS) is 11.0. The number of methoxy groups -OCH3 is 1. The molecule has 35 heavy (non-hydrogen) atoms. The Labute approximate surface area is 206 Å². The van der Waals surface area contributed by atoms with Crippen molar-refractivity contribution in [1.29, 1.82) is 0 Å². The number of nitrogens with zero attached hydrogens (tertiary/aromatic N) is 6. The molecule has 2 heterocycles. The summed E-state index contributed by atoms with van der Waals surface area (Å²) in [4.78, 5) is 13.1. The van der Waals surface area contributed by atoms with Crippen LogP contribution in [0, 0.1) is 6.92 Å². The van der Waals surface area contributed by atoms with Gasteiger partial charge in [-0.3, -0.25) is 9.97 Å². The molecule has 7 nitrogen and oxygen atoms in total. The molecular weight excluding hydrogens is 436 g/mol. The number of rotatable bonds is 9. The standard InChI is InChI=1S/C28H30N6O/c1-21-17-25(27(18-28(21)35-4)34(3)20-23-12-8-10-16-30-23)32-31-24-13-5-6-14-26(24)33(2)19-22-11-7-9-15-29-22/h5-18H,19-20H2,1-4H3. The first-order chi connectivity index (χ1) is 17.0. The maximum Gasteiger partial charge on any atom is 0.123 e. The molecule has 0 bridgehead atoms.